The lowest BCUT2D eigenvalue weighted by Crippen LogP contribution is -2.30. The SMILES string of the molecule is CCc1c(C#N)c(SC(C(N)=O)c2ccncc2F)nc(N2CCCN(C)CC2)c1C#N. The Balaban J connectivity index is 2.14. The van der Waals surface area contributed by atoms with Crippen LogP contribution in [-0.4, -0.2) is 54.0 Å². The minimum absolute atomic E-state index is 0.0727. The number of pyridine rings is 2. The molecule has 8 nitrogen and oxygen atoms in total. The number of amides is 1. The molecule has 0 aromatic carbocycles. The summed E-state index contributed by atoms with van der Waals surface area (Å²) in [5, 5.41) is 18.9. The number of nitrogens with zero attached hydrogens (tertiary/aromatic N) is 6. The monoisotopic (exact) mass is 453 g/mol. The third kappa shape index (κ3) is 4.82. The minimum Gasteiger partial charge on any atom is -0.368 e. The number of thioether (sulfide) groups is 1. The molecule has 1 amide bonds. The number of halogens is 1. The minimum atomic E-state index is -1.10. The summed E-state index contributed by atoms with van der Waals surface area (Å²) in [7, 11) is 2.04. The summed E-state index contributed by atoms with van der Waals surface area (Å²) in [4.78, 5) is 24.9. The summed E-state index contributed by atoms with van der Waals surface area (Å²) >= 11 is 0.926. The Kier molecular flexibility index (Phi) is 7.62. The Morgan fingerprint density at radius 2 is 2.03 bits per heavy atom. The molecule has 2 aromatic rings. The quantitative estimate of drug-likeness (QED) is 0.662. The highest BCUT2D eigenvalue weighted by Gasteiger charge is 2.29. The standard InChI is InChI=1S/C22H24FN7OS/c1-3-14-16(11-24)21(30-8-4-7-29(2)9-10-30)28-22(17(14)12-25)32-19(20(26)31)15-5-6-27-13-18(15)23/h5-6,13,19H,3-4,7-10H2,1-2H3,(H2,26,31). The normalized spacial score (nSPS) is 15.5. The number of primary amides is 1. The van der Waals surface area contributed by atoms with Gasteiger partial charge in [0.25, 0.3) is 0 Å². The molecule has 0 spiro atoms. The molecule has 1 fully saturated rings. The summed E-state index contributed by atoms with van der Waals surface area (Å²) < 4.78 is 14.4. The molecular weight excluding hydrogens is 429 g/mol. The number of hydrogen-bond acceptors (Lipinski definition) is 8. The van der Waals surface area contributed by atoms with E-state index in [-0.39, 0.29) is 16.2 Å². The molecule has 0 bridgehead atoms. The van der Waals surface area contributed by atoms with Crippen LogP contribution >= 0.6 is 11.8 Å². The van der Waals surface area contributed by atoms with E-state index in [1.807, 2.05) is 18.9 Å². The van der Waals surface area contributed by atoms with Crippen molar-refractivity contribution in [1.82, 2.24) is 14.9 Å². The largest absolute Gasteiger partial charge is 0.368 e. The summed E-state index contributed by atoms with van der Waals surface area (Å²) in [6.07, 6.45) is 3.73. The molecule has 0 saturated carbocycles. The van der Waals surface area contributed by atoms with Gasteiger partial charge in [0.1, 0.15) is 34.0 Å². The number of nitriles is 2. The number of carbonyl (C=O) groups excluding carboxylic acids is 1. The van der Waals surface area contributed by atoms with Crippen molar-refractivity contribution in [3.8, 4) is 12.1 Å². The van der Waals surface area contributed by atoms with E-state index in [0.29, 0.717) is 36.5 Å². The van der Waals surface area contributed by atoms with Crippen LogP contribution in [-0.2, 0) is 11.2 Å². The molecule has 0 radical (unpaired) electrons. The van der Waals surface area contributed by atoms with Crippen molar-refractivity contribution in [2.24, 2.45) is 5.73 Å². The highest BCUT2D eigenvalue weighted by Crippen LogP contribution is 2.40. The number of anilines is 1. The Labute approximate surface area is 190 Å². The predicted molar refractivity (Wildman–Crippen MR) is 119 cm³/mol. The molecule has 1 atom stereocenters. The van der Waals surface area contributed by atoms with Gasteiger partial charge in [-0.15, -0.1) is 0 Å². The van der Waals surface area contributed by atoms with Gasteiger partial charge in [-0.3, -0.25) is 9.78 Å². The summed E-state index contributed by atoms with van der Waals surface area (Å²) in [6.45, 7) is 4.99. The second-order valence-corrected chi connectivity index (χ2v) is 8.58. The number of rotatable bonds is 6. The van der Waals surface area contributed by atoms with Gasteiger partial charge in [0.15, 0.2) is 0 Å². The van der Waals surface area contributed by atoms with Crippen LogP contribution in [0.15, 0.2) is 23.5 Å². The van der Waals surface area contributed by atoms with E-state index in [1.165, 1.54) is 12.3 Å². The van der Waals surface area contributed by atoms with Crippen LogP contribution in [0.2, 0.25) is 0 Å². The first-order chi connectivity index (χ1) is 15.4. The molecule has 0 aliphatic carbocycles. The van der Waals surface area contributed by atoms with Crippen LogP contribution < -0.4 is 10.6 Å². The van der Waals surface area contributed by atoms with Crippen molar-refractivity contribution < 1.29 is 9.18 Å². The fourth-order valence-corrected chi connectivity index (χ4v) is 4.82. The molecule has 2 N–H and O–H groups in total. The highest BCUT2D eigenvalue weighted by molar-refractivity contribution is 8.00. The predicted octanol–water partition coefficient (Wildman–Crippen LogP) is 2.38. The molecule has 10 heteroatoms. The van der Waals surface area contributed by atoms with Gasteiger partial charge in [-0.1, -0.05) is 18.7 Å². The fraction of sp³-hybridized carbons (Fsp3) is 0.409. The zero-order chi connectivity index (χ0) is 23.3. The molecule has 1 aliphatic heterocycles. The Hall–Kier alpha value is -3.21. The van der Waals surface area contributed by atoms with Crippen LogP contribution in [0.1, 0.15) is 40.8 Å². The first-order valence-corrected chi connectivity index (χ1v) is 11.1. The van der Waals surface area contributed by atoms with Crippen molar-refractivity contribution in [3.63, 3.8) is 0 Å². The van der Waals surface area contributed by atoms with Gasteiger partial charge in [-0.05, 0) is 38.1 Å². The number of hydrogen-bond donors (Lipinski definition) is 1. The summed E-state index contributed by atoms with van der Waals surface area (Å²) in [5.41, 5.74) is 6.81. The lowest BCUT2D eigenvalue weighted by Gasteiger charge is -2.25. The van der Waals surface area contributed by atoms with Crippen LogP contribution in [0.4, 0.5) is 10.2 Å². The Morgan fingerprint density at radius 3 is 2.66 bits per heavy atom. The van der Waals surface area contributed by atoms with E-state index in [9.17, 15) is 19.7 Å². The molecule has 166 valence electrons. The van der Waals surface area contributed by atoms with Crippen LogP contribution in [0, 0.1) is 28.5 Å². The maximum absolute atomic E-state index is 14.4. The average Bonchev–Trinajstić information content (AvgIpc) is 3.01. The second kappa shape index (κ2) is 10.4. The van der Waals surface area contributed by atoms with E-state index in [4.69, 9.17) is 5.73 Å². The van der Waals surface area contributed by atoms with Gasteiger partial charge < -0.3 is 15.5 Å². The van der Waals surface area contributed by atoms with Crippen molar-refractivity contribution in [3.05, 3.63) is 46.5 Å². The van der Waals surface area contributed by atoms with E-state index in [0.717, 1.165) is 37.5 Å². The number of nitrogens with two attached hydrogens (primary N) is 1. The average molecular weight is 454 g/mol. The van der Waals surface area contributed by atoms with Crippen molar-refractivity contribution >= 4 is 23.5 Å². The van der Waals surface area contributed by atoms with E-state index in [2.05, 4.69) is 27.0 Å². The molecule has 3 rings (SSSR count). The topological polar surface area (TPSA) is 123 Å². The van der Waals surface area contributed by atoms with Crippen molar-refractivity contribution in [2.45, 2.75) is 30.0 Å². The van der Waals surface area contributed by atoms with Gasteiger partial charge in [-0.2, -0.15) is 10.5 Å². The van der Waals surface area contributed by atoms with Gasteiger partial charge in [-0.25, -0.2) is 9.37 Å². The lowest BCUT2D eigenvalue weighted by molar-refractivity contribution is -0.117. The van der Waals surface area contributed by atoms with Crippen LogP contribution in [0.5, 0.6) is 0 Å². The van der Waals surface area contributed by atoms with Gasteiger partial charge in [0.05, 0.1) is 17.3 Å². The molecular formula is C22H24FN7OS. The first-order valence-electron chi connectivity index (χ1n) is 10.3. The molecule has 1 saturated heterocycles. The number of carbonyl (C=O) groups is 1. The summed E-state index contributed by atoms with van der Waals surface area (Å²) in [5.74, 6) is -0.937. The maximum Gasteiger partial charge on any atom is 0.235 e. The summed E-state index contributed by atoms with van der Waals surface area (Å²) in [6, 6.07) is 5.74. The smallest absolute Gasteiger partial charge is 0.235 e. The van der Waals surface area contributed by atoms with E-state index >= 15 is 0 Å². The fourth-order valence-electron chi connectivity index (χ4n) is 3.74. The molecule has 1 unspecified atom stereocenters. The van der Waals surface area contributed by atoms with E-state index < -0.39 is 17.0 Å². The molecule has 1 aliphatic rings. The van der Waals surface area contributed by atoms with Gasteiger partial charge in [0, 0.05) is 31.4 Å². The Bertz CT molecular complexity index is 1090. The molecule has 3 heterocycles. The lowest BCUT2D eigenvalue weighted by atomic mass is 10.0. The van der Waals surface area contributed by atoms with Crippen LogP contribution in [0.25, 0.3) is 0 Å². The van der Waals surface area contributed by atoms with Crippen molar-refractivity contribution in [2.75, 3.05) is 38.1 Å². The highest BCUT2D eigenvalue weighted by atomic mass is 32.2. The maximum atomic E-state index is 14.4. The molecule has 32 heavy (non-hydrogen) atoms. The second-order valence-electron chi connectivity index (χ2n) is 7.49. The number of aromatic nitrogens is 2. The van der Waals surface area contributed by atoms with Crippen molar-refractivity contribution in [1.29, 1.82) is 10.5 Å². The third-order valence-electron chi connectivity index (χ3n) is 5.42. The third-order valence-corrected chi connectivity index (χ3v) is 6.66. The first kappa shape index (κ1) is 23.5. The zero-order valence-electron chi connectivity index (χ0n) is 18.0. The van der Waals surface area contributed by atoms with Gasteiger partial charge in [0.2, 0.25) is 5.91 Å². The number of likely N-dealkylation sites (N-methyl/N-ethyl adjacent to an activating group) is 1. The van der Waals surface area contributed by atoms with Gasteiger partial charge >= 0.3 is 0 Å². The zero-order valence-corrected chi connectivity index (χ0v) is 18.8. The van der Waals surface area contributed by atoms with Crippen LogP contribution in [0.3, 0.4) is 0 Å². The Morgan fingerprint density at radius 1 is 1.28 bits per heavy atom. The van der Waals surface area contributed by atoms with E-state index in [1.54, 1.807) is 0 Å². The molecule has 2 aromatic heterocycles.